The first kappa shape index (κ1) is 17.6. The van der Waals surface area contributed by atoms with E-state index >= 15 is 0 Å². The highest BCUT2D eigenvalue weighted by molar-refractivity contribution is 5.94. The number of amides is 1. The molecule has 1 saturated carbocycles. The lowest BCUT2D eigenvalue weighted by Crippen LogP contribution is -2.26. The van der Waals surface area contributed by atoms with Crippen LogP contribution in [-0.4, -0.2) is 34.3 Å². The minimum Gasteiger partial charge on any atom is -0.396 e. The summed E-state index contributed by atoms with van der Waals surface area (Å²) in [5.74, 6) is 1.64. The lowest BCUT2D eigenvalue weighted by Gasteiger charge is -2.21. The van der Waals surface area contributed by atoms with Crippen LogP contribution in [0.15, 0.2) is 28.8 Å². The normalized spacial score (nSPS) is 14.5. The van der Waals surface area contributed by atoms with E-state index in [1.807, 2.05) is 26.0 Å². The minimum atomic E-state index is -0.101. The molecule has 1 amide bonds. The van der Waals surface area contributed by atoms with Crippen LogP contribution in [0.1, 0.15) is 61.6 Å². The average Bonchev–Trinajstić information content (AvgIpc) is 3.36. The van der Waals surface area contributed by atoms with Crippen LogP contribution >= 0.6 is 0 Å². The van der Waals surface area contributed by atoms with E-state index in [0.29, 0.717) is 23.9 Å². The number of nitrogens with one attached hydrogen (secondary N) is 1. The summed E-state index contributed by atoms with van der Waals surface area (Å²) in [6, 6.07) is 7.19. The summed E-state index contributed by atoms with van der Waals surface area (Å²) < 4.78 is 5.29. The summed E-state index contributed by atoms with van der Waals surface area (Å²) in [6.45, 7) is 4.78. The van der Waals surface area contributed by atoms with Gasteiger partial charge in [0.15, 0.2) is 5.82 Å². The Kier molecular flexibility index (Phi) is 5.18. The number of hydrogen-bond acceptors (Lipinski definition) is 5. The van der Waals surface area contributed by atoms with E-state index in [1.165, 1.54) is 0 Å². The summed E-state index contributed by atoms with van der Waals surface area (Å²) >= 11 is 0. The third kappa shape index (κ3) is 4.66. The quantitative estimate of drug-likeness (QED) is 0.719. The van der Waals surface area contributed by atoms with Crippen molar-refractivity contribution in [2.45, 2.75) is 45.4 Å². The first-order valence-electron chi connectivity index (χ1n) is 8.82. The molecule has 25 heavy (non-hydrogen) atoms. The van der Waals surface area contributed by atoms with Crippen LogP contribution in [0.2, 0.25) is 0 Å². The van der Waals surface area contributed by atoms with Crippen LogP contribution in [0.4, 0.5) is 0 Å². The first-order valence-corrected chi connectivity index (χ1v) is 8.82. The second-order valence-electron chi connectivity index (χ2n) is 7.49. The maximum absolute atomic E-state index is 12.2. The molecule has 6 nitrogen and oxygen atoms in total. The van der Waals surface area contributed by atoms with Crippen LogP contribution in [0, 0.1) is 5.41 Å². The Balaban J connectivity index is 1.51. The number of carbonyl (C=O) groups excluding carboxylic acids is 1. The van der Waals surface area contributed by atoms with Gasteiger partial charge in [0.2, 0.25) is 0 Å². The second-order valence-corrected chi connectivity index (χ2v) is 7.49. The molecule has 1 fully saturated rings. The van der Waals surface area contributed by atoms with Crippen molar-refractivity contribution in [3.8, 4) is 11.5 Å². The lowest BCUT2D eigenvalue weighted by molar-refractivity contribution is 0.0948. The highest BCUT2D eigenvalue weighted by Gasteiger charge is 2.29. The van der Waals surface area contributed by atoms with Crippen molar-refractivity contribution >= 4 is 5.91 Å². The molecule has 0 spiro atoms. The van der Waals surface area contributed by atoms with Crippen LogP contribution < -0.4 is 5.32 Å². The average molecular weight is 343 g/mol. The zero-order valence-electron chi connectivity index (χ0n) is 14.8. The predicted molar refractivity (Wildman–Crippen MR) is 94.1 cm³/mol. The summed E-state index contributed by atoms with van der Waals surface area (Å²) in [4.78, 5) is 16.6. The Labute approximate surface area is 147 Å². The highest BCUT2D eigenvalue weighted by atomic mass is 16.5. The molecule has 2 N–H and O–H groups in total. The van der Waals surface area contributed by atoms with Crippen molar-refractivity contribution in [2.24, 2.45) is 5.41 Å². The van der Waals surface area contributed by atoms with Crippen molar-refractivity contribution in [1.29, 1.82) is 0 Å². The van der Waals surface area contributed by atoms with Gasteiger partial charge in [0.05, 0.1) is 0 Å². The number of carbonyl (C=O) groups is 1. The molecule has 1 aromatic carbocycles. The van der Waals surface area contributed by atoms with Crippen LogP contribution in [0.3, 0.4) is 0 Å². The molecule has 0 atom stereocenters. The lowest BCUT2D eigenvalue weighted by atomic mass is 9.89. The van der Waals surface area contributed by atoms with E-state index in [1.54, 1.807) is 12.1 Å². The zero-order chi connectivity index (χ0) is 17.9. The van der Waals surface area contributed by atoms with E-state index in [0.717, 1.165) is 37.1 Å². The molecular weight excluding hydrogens is 318 g/mol. The topological polar surface area (TPSA) is 88.2 Å². The van der Waals surface area contributed by atoms with Gasteiger partial charge in [0.1, 0.15) is 0 Å². The van der Waals surface area contributed by atoms with Gasteiger partial charge >= 0.3 is 0 Å². The third-order valence-electron chi connectivity index (χ3n) is 4.52. The number of aliphatic hydroxyl groups is 1. The molecule has 0 bridgehead atoms. The van der Waals surface area contributed by atoms with Gasteiger partial charge in [-0.3, -0.25) is 4.79 Å². The van der Waals surface area contributed by atoms with Gasteiger partial charge in [-0.1, -0.05) is 19.0 Å². The van der Waals surface area contributed by atoms with Crippen molar-refractivity contribution in [2.75, 3.05) is 13.2 Å². The molecule has 6 heteroatoms. The van der Waals surface area contributed by atoms with Crippen molar-refractivity contribution in [1.82, 2.24) is 15.5 Å². The van der Waals surface area contributed by atoms with E-state index in [-0.39, 0.29) is 17.9 Å². The van der Waals surface area contributed by atoms with Crippen molar-refractivity contribution < 1.29 is 14.4 Å². The fourth-order valence-corrected chi connectivity index (χ4v) is 2.57. The molecule has 0 aliphatic heterocycles. The van der Waals surface area contributed by atoms with Gasteiger partial charge in [-0.2, -0.15) is 4.98 Å². The van der Waals surface area contributed by atoms with E-state index < -0.39 is 0 Å². The van der Waals surface area contributed by atoms with Gasteiger partial charge in [-0.15, -0.1) is 0 Å². The molecule has 0 radical (unpaired) electrons. The van der Waals surface area contributed by atoms with Crippen LogP contribution in [0.25, 0.3) is 11.5 Å². The molecule has 134 valence electrons. The SMILES string of the molecule is CC(C)(CO)CCCNC(=O)c1ccc(-c2nc(C3CC3)no2)cc1. The van der Waals surface area contributed by atoms with Gasteiger partial charge < -0.3 is 14.9 Å². The molecule has 2 aromatic rings. The Bertz CT molecular complexity index is 718. The molecule has 0 unspecified atom stereocenters. The fraction of sp³-hybridized carbons (Fsp3) is 0.526. The monoisotopic (exact) mass is 343 g/mol. The Morgan fingerprint density at radius 3 is 2.68 bits per heavy atom. The molecule has 1 aliphatic carbocycles. The van der Waals surface area contributed by atoms with E-state index in [2.05, 4.69) is 15.5 Å². The Morgan fingerprint density at radius 1 is 1.32 bits per heavy atom. The predicted octanol–water partition coefficient (Wildman–Crippen LogP) is 3.14. The number of nitrogens with zero attached hydrogens (tertiary/aromatic N) is 2. The van der Waals surface area contributed by atoms with Gasteiger partial charge in [0.25, 0.3) is 11.8 Å². The standard InChI is InChI=1S/C19H25N3O3/c1-19(2,12-23)10-3-11-20-17(24)14-6-8-15(9-7-14)18-21-16(22-25-18)13-4-5-13/h6-9,13,23H,3-5,10-12H2,1-2H3,(H,20,24). The zero-order valence-corrected chi connectivity index (χ0v) is 14.8. The number of aliphatic hydroxyl groups excluding tert-OH is 1. The third-order valence-corrected chi connectivity index (χ3v) is 4.52. The summed E-state index contributed by atoms with van der Waals surface area (Å²) in [5, 5.41) is 16.1. The van der Waals surface area contributed by atoms with Crippen molar-refractivity contribution in [3.63, 3.8) is 0 Å². The molecule has 1 aliphatic rings. The molecule has 0 saturated heterocycles. The summed E-state index contributed by atoms with van der Waals surface area (Å²) in [7, 11) is 0. The number of benzene rings is 1. The summed E-state index contributed by atoms with van der Waals surface area (Å²) in [6.07, 6.45) is 3.97. The largest absolute Gasteiger partial charge is 0.396 e. The molecule has 1 heterocycles. The Hall–Kier alpha value is -2.21. The number of rotatable bonds is 8. The first-order chi connectivity index (χ1) is 12.0. The second kappa shape index (κ2) is 7.35. The number of hydrogen-bond donors (Lipinski definition) is 2. The smallest absolute Gasteiger partial charge is 0.257 e. The van der Waals surface area contributed by atoms with Gasteiger partial charge in [-0.05, 0) is 55.4 Å². The van der Waals surface area contributed by atoms with Gasteiger partial charge in [0, 0.05) is 30.2 Å². The van der Waals surface area contributed by atoms with E-state index in [4.69, 9.17) is 4.52 Å². The number of aromatic nitrogens is 2. The van der Waals surface area contributed by atoms with Crippen molar-refractivity contribution in [3.05, 3.63) is 35.7 Å². The molecule has 1 aromatic heterocycles. The minimum absolute atomic E-state index is 0.0995. The highest BCUT2D eigenvalue weighted by Crippen LogP contribution is 2.38. The Morgan fingerprint density at radius 2 is 2.04 bits per heavy atom. The fourth-order valence-electron chi connectivity index (χ4n) is 2.57. The maximum atomic E-state index is 12.2. The van der Waals surface area contributed by atoms with Crippen LogP contribution in [-0.2, 0) is 0 Å². The molecular formula is C19H25N3O3. The van der Waals surface area contributed by atoms with E-state index in [9.17, 15) is 9.90 Å². The van der Waals surface area contributed by atoms with Crippen LogP contribution in [0.5, 0.6) is 0 Å². The maximum Gasteiger partial charge on any atom is 0.257 e. The molecule has 3 rings (SSSR count). The summed E-state index contributed by atoms with van der Waals surface area (Å²) in [5.41, 5.74) is 1.32. The van der Waals surface area contributed by atoms with Gasteiger partial charge in [-0.25, -0.2) is 0 Å².